The molecule has 0 saturated heterocycles. The van der Waals surface area contributed by atoms with Crippen molar-refractivity contribution in [3.63, 3.8) is 0 Å². The molecule has 0 amide bonds. The third-order valence-corrected chi connectivity index (χ3v) is 2.44. The molecule has 0 spiro atoms. The molecule has 1 aromatic rings. The largest absolute Gasteiger partial charge is 0.472 e. The Kier molecular flexibility index (Phi) is 4.57. The maximum atomic E-state index is 11.3. The molecule has 7 nitrogen and oxygen atoms in total. The lowest BCUT2D eigenvalue weighted by atomic mass is 10.1. The summed E-state index contributed by atoms with van der Waals surface area (Å²) in [6.07, 6.45) is -0.475. The molecule has 0 aliphatic carbocycles. The molecule has 0 aliphatic rings. The number of nitro benzene ring substituents is 1. The Bertz CT molecular complexity index is 525. The minimum atomic E-state index is -0.982. The summed E-state index contributed by atoms with van der Waals surface area (Å²) in [4.78, 5) is 32.2. The number of methoxy groups -OCH3 is 1. The Morgan fingerprint density at radius 2 is 2.11 bits per heavy atom. The Balaban J connectivity index is 3.22. The van der Waals surface area contributed by atoms with Gasteiger partial charge in [-0.25, -0.2) is 4.79 Å². The normalized spacial score (nSPS) is 11.5. The molecule has 0 saturated carbocycles. The number of aryl methyl sites for hydroxylation is 1. The van der Waals surface area contributed by atoms with Crippen molar-refractivity contribution in [3.05, 3.63) is 33.4 Å². The lowest BCUT2D eigenvalue weighted by Crippen LogP contribution is -2.25. The van der Waals surface area contributed by atoms with E-state index >= 15 is 0 Å². The van der Waals surface area contributed by atoms with Gasteiger partial charge in [0.25, 0.3) is 0 Å². The minimum Gasteiger partial charge on any atom is -0.472 e. The van der Waals surface area contributed by atoms with E-state index in [1.165, 1.54) is 20.1 Å². The maximum absolute atomic E-state index is 11.3. The summed E-state index contributed by atoms with van der Waals surface area (Å²) >= 11 is 0. The van der Waals surface area contributed by atoms with E-state index in [0.717, 1.165) is 6.07 Å². The number of nitrogens with zero attached hydrogens (tertiary/aromatic N) is 1. The summed E-state index contributed by atoms with van der Waals surface area (Å²) < 4.78 is 9.74. The highest BCUT2D eigenvalue weighted by atomic mass is 16.6. The minimum absolute atomic E-state index is 0.0477. The first kappa shape index (κ1) is 14.6. The second-order valence-corrected chi connectivity index (χ2v) is 3.84. The van der Waals surface area contributed by atoms with Crippen LogP contribution in [0.2, 0.25) is 0 Å². The van der Waals surface area contributed by atoms with E-state index in [1.54, 1.807) is 6.92 Å². The monoisotopic (exact) mass is 267 g/mol. The zero-order valence-corrected chi connectivity index (χ0v) is 10.7. The van der Waals surface area contributed by atoms with E-state index < -0.39 is 17.0 Å². The molecule has 102 valence electrons. The van der Waals surface area contributed by atoms with Gasteiger partial charge in [0, 0.05) is 11.6 Å². The summed E-state index contributed by atoms with van der Waals surface area (Å²) in [6, 6.07) is 2.54. The molecule has 1 aromatic carbocycles. The van der Waals surface area contributed by atoms with Gasteiger partial charge in [0.15, 0.2) is 6.10 Å². The van der Waals surface area contributed by atoms with Crippen molar-refractivity contribution in [1.82, 2.24) is 0 Å². The average molecular weight is 267 g/mol. The Morgan fingerprint density at radius 1 is 1.47 bits per heavy atom. The fraction of sp³-hybridized carbons (Fsp3) is 0.333. The number of nitro groups is 1. The van der Waals surface area contributed by atoms with Crippen molar-refractivity contribution >= 4 is 17.9 Å². The van der Waals surface area contributed by atoms with Crippen LogP contribution >= 0.6 is 0 Å². The highest BCUT2D eigenvalue weighted by Crippen LogP contribution is 2.32. The predicted molar refractivity (Wildman–Crippen MR) is 65.3 cm³/mol. The van der Waals surface area contributed by atoms with Crippen molar-refractivity contribution in [2.24, 2.45) is 0 Å². The molecule has 0 fully saturated rings. The zero-order valence-electron chi connectivity index (χ0n) is 10.7. The number of carbonyl (C=O) groups excluding carboxylic acids is 2. The summed E-state index contributed by atoms with van der Waals surface area (Å²) in [7, 11) is 1.19. The van der Waals surface area contributed by atoms with Crippen molar-refractivity contribution in [1.29, 1.82) is 0 Å². The first-order chi connectivity index (χ1) is 8.90. The number of esters is 1. The van der Waals surface area contributed by atoms with E-state index in [-0.39, 0.29) is 17.0 Å². The van der Waals surface area contributed by atoms with Gasteiger partial charge in [0.05, 0.1) is 12.0 Å². The molecular weight excluding hydrogens is 254 g/mol. The van der Waals surface area contributed by atoms with Gasteiger partial charge in [-0.15, -0.1) is 0 Å². The van der Waals surface area contributed by atoms with E-state index in [0.29, 0.717) is 11.8 Å². The van der Waals surface area contributed by atoms with Crippen molar-refractivity contribution < 1.29 is 24.0 Å². The highest BCUT2D eigenvalue weighted by Gasteiger charge is 2.24. The third-order valence-electron chi connectivity index (χ3n) is 2.44. The molecule has 0 aromatic heterocycles. The molecule has 1 rings (SSSR count). The van der Waals surface area contributed by atoms with Crippen LogP contribution in [0.15, 0.2) is 12.1 Å². The average Bonchev–Trinajstić information content (AvgIpc) is 2.39. The fourth-order valence-corrected chi connectivity index (χ4v) is 1.53. The Labute approximate surface area is 109 Å². The van der Waals surface area contributed by atoms with Crippen molar-refractivity contribution in [2.45, 2.75) is 20.0 Å². The van der Waals surface area contributed by atoms with Gasteiger partial charge in [-0.05, 0) is 25.5 Å². The number of ether oxygens (including phenoxy) is 2. The quantitative estimate of drug-likeness (QED) is 0.348. The van der Waals surface area contributed by atoms with Crippen molar-refractivity contribution in [2.75, 3.05) is 7.11 Å². The van der Waals surface area contributed by atoms with Crippen LogP contribution in [0.5, 0.6) is 5.75 Å². The van der Waals surface area contributed by atoms with Gasteiger partial charge in [0.1, 0.15) is 6.29 Å². The van der Waals surface area contributed by atoms with E-state index in [9.17, 15) is 19.7 Å². The van der Waals surface area contributed by atoms with Gasteiger partial charge in [0.2, 0.25) is 5.75 Å². The predicted octanol–water partition coefficient (Wildman–Crippen LogP) is 1.66. The highest BCUT2D eigenvalue weighted by molar-refractivity contribution is 5.79. The summed E-state index contributed by atoms with van der Waals surface area (Å²) in [6.45, 7) is 2.97. The summed E-state index contributed by atoms with van der Waals surface area (Å²) in [5, 5.41) is 11.0. The van der Waals surface area contributed by atoms with Crippen LogP contribution in [0.25, 0.3) is 0 Å². The summed E-state index contributed by atoms with van der Waals surface area (Å²) in [5.74, 6) is -0.693. The third kappa shape index (κ3) is 3.27. The zero-order chi connectivity index (χ0) is 14.6. The van der Waals surface area contributed by atoms with Gasteiger partial charge < -0.3 is 9.47 Å². The van der Waals surface area contributed by atoms with E-state index in [1.807, 2.05) is 0 Å². The molecule has 1 atom stereocenters. The molecular formula is C12H13NO6. The van der Waals surface area contributed by atoms with Gasteiger partial charge in [-0.2, -0.15) is 0 Å². The number of carbonyl (C=O) groups is 2. The van der Waals surface area contributed by atoms with Crippen LogP contribution in [0, 0.1) is 17.0 Å². The lowest BCUT2D eigenvalue weighted by Gasteiger charge is -2.14. The number of hydrogen-bond acceptors (Lipinski definition) is 6. The summed E-state index contributed by atoms with van der Waals surface area (Å²) in [5.41, 5.74) is 0.201. The standard InChI is InChI=1S/C12H13NO6/c1-7-4-9(6-14)5-10(13(16)17)11(7)19-8(2)12(15)18-3/h4-6,8H,1-3H3. The Hall–Kier alpha value is -2.44. The van der Waals surface area contributed by atoms with Crippen LogP contribution in [0.1, 0.15) is 22.8 Å². The molecule has 0 aliphatic heterocycles. The molecule has 1 unspecified atom stereocenters. The van der Waals surface area contributed by atoms with Crippen LogP contribution < -0.4 is 4.74 Å². The first-order valence-electron chi connectivity index (χ1n) is 5.39. The van der Waals surface area contributed by atoms with Crippen LogP contribution in [-0.4, -0.2) is 30.4 Å². The van der Waals surface area contributed by atoms with Crippen molar-refractivity contribution in [3.8, 4) is 5.75 Å². The molecule has 0 bridgehead atoms. The molecule has 0 radical (unpaired) electrons. The fourth-order valence-electron chi connectivity index (χ4n) is 1.53. The van der Waals surface area contributed by atoms with Crippen LogP contribution in [0.3, 0.4) is 0 Å². The molecule has 0 heterocycles. The molecule has 7 heteroatoms. The van der Waals surface area contributed by atoms with Gasteiger partial charge in [-0.3, -0.25) is 14.9 Å². The lowest BCUT2D eigenvalue weighted by molar-refractivity contribution is -0.386. The van der Waals surface area contributed by atoms with E-state index in [4.69, 9.17) is 4.74 Å². The number of benzene rings is 1. The van der Waals surface area contributed by atoms with Gasteiger partial charge >= 0.3 is 11.7 Å². The second kappa shape index (κ2) is 5.94. The molecule has 19 heavy (non-hydrogen) atoms. The van der Waals surface area contributed by atoms with Crippen LogP contribution in [-0.2, 0) is 9.53 Å². The van der Waals surface area contributed by atoms with E-state index in [2.05, 4.69) is 4.74 Å². The number of aldehydes is 1. The van der Waals surface area contributed by atoms with Crippen LogP contribution in [0.4, 0.5) is 5.69 Å². The Morgan fingerprint density at radius 3 is 2.58 bits per heavy atom. The topological polar surface area (TPSA) is 95.7 Å². The van der Waals surface area contributed by atoms with Gasteiger partial charge in [-0.1, -0.05) is 0 Å². The smallest absolute Gasteiger partial charge is 0.346 e. The number of hydrogen-bond donors (Lipinski definition) is 0. The first-order valence-corrected chi connectivity index (χ1v) is 5.39. The SMILES string of the molecule is COC(=O)C(C)Oc1c(C)cc(C=O)cc1[N+](=O)[O-]. The number of rotatable bonds is 5. The molecule has 0 N–H and O–H groups in total. The second-order valence-electron chi connectivity index (χ2n) is 3.84. The maximum Gasteiger partial charge on any atom is 0.346 e.